The Morgan fingerprint density at radius 3 is 2.44 bits per heavy atom. The van der Waals surface area contributed by atoms with Crippen molar-refractivity contribution >= 4 is 17.5 Å². The van der Waals surface area contributed by atoms with Gasteiger partial charge in [0.25, 0.3) is 0 Å². The van der Waals surface area contributed by atoms with Gasteiger partial charge in [-0.05, 0) is 32.4 Å². The second-order valence-corrected chi connectivity index (χ2v) is 6.87. The Hall–Kier alpha value is -2.67. The first-order valence-corrected chi connectivity index (χ1v) is 9.29. The number of benzene rings is 1. The lowest BCUT2D eigenvalue weighted by atomic mass is 10.1. The standard InChI is InChI=1S/C20H26N4O3/c1-15-18(16(2)27-22-15)8-9-20(26)24-12-10-23(11-13-24)14-19(25)21-17-6-4-3-5-7-17/h3-7H,8-14H2,1-2H3,(H,21,25). The molecule has 1 aromatic carbocycles. The molecule has 7 nitrogen and oxygen atoms in total. The molecule has 2 aromatic rings. The number of hydrogen-bond acceptors (Lipinski definition) is 5. The monoisotopic (exact) mass is 370 g/mol. The molecule has 1 aromatic heterocycles. The summed E-state index contributed by atoms with van der Waals surface area (Å²) < 4.78 is 5.15. The first-order chi connectivity index (χ1) is 13.0. The molecule has 144 valence electrons. The van der Waals surface area contributed by atoms with E-state index in [9.17, 15) is 9.59 Å². The van der Waals surface area contributed by atoms with Crippen LogP contribution in [0.4, 0.5) is 5.69 Å². The summed E-state index contributed by atoms with van der Waals surface area (Å²) in [6.07, 6.45) is 1.11. The highest BCUT2D eigenvalue weighted by molar-refractivity contribution is 5.92. The maximum Gasteiger partial charge on any atom is 0.238 e. The van der Waals surface area contributed by atoms with E-state index in [1.807, 2.05) is 49.1 Å². The fourth-order valence-corrected chi connectivity index (χ4v) is 3.33. The minimum atomic E-state index is -0.0283. The largest absolute Gasteiger partial charge is 0.361 e. The van der Waals surface area contributed by atoms with Crippen LogP contribution in [0.1, 0.15) is 23.4 Å². The van der Waals surface area contributed by atoms with Crippen LogP contribution in [0.5, 0.6) is 0 Å². The Morgan fingerprint density at radius 1 is 1.11 bits per heavy atom. The van der Waals surface area contributed by atoms with Crippen LogP contribution in [-0.4, -0.2) is 59.5 Å². The third-order valence-electron chi connectivity index (χ3n) is 4.92. The predicted molar refractivity (Wildman–Crippen MR) is 102 cm³/mol. The van der Waals surface area contributed by atoms with E-state index in [2.05, 4.69) is 15.4 Å². The Bertz CT molecular complexity index is 760. The number of aromatic nitrogens is 1. The van der Waals surface area contributed by atoms with Crippen molar-refractivity contribution in [1.82, 2.24) is 15.0 Å². The zero-order valence-corrected chi connectivity index (χ0v) is 15.9. The van der Waals surface area contributed by atoms with E-state index in [4.69, 9.17) is 4.52 Å². The summed E-state index contributed by atoms with van der Waals surface area (Å²) in [5, 5.41) is 6.82. The number of hydrogen-bond donors (Lipinski definition) is 1. The van der Waals surface area contributed by atoms with E-state index in [0.29, 0.717) is 45.6 Å². The van der Waals surface area contributed by atoms with Gasteiger partial charge in [0.15, 0.2) is 0 Å². The molecule has 0 bridgehead atoms. The van der Waals surface area contributed by atoms with Crippen LogP contribution in [-0.2, 0) is 16.0 Å². The molecule has 1 saturated heterocycles. The molecule has 0 spiro atoms. The van der Waals surface area contributed by atoms with Crippen molar-refractivity contribution in [1.29, 1.82) is 0 Å². The molecular weight excluding hydrogens is 344 g/mol. The van der Waals surface area contributed by atoms with Gasteiger partial charge in [-0.25, -0.2) is 0 Å². The average molecular weight is 370 g/mol. The summed E-state index contributed by atoms with van der Waals surface area (Å²) in [6, 6.07) is 9.43. The van der Waals surface area contributed by atoms with E-state index in [1.165, 1.54) is 0 Å². The second kappa shape index (κ2) is 8.81. The normalized spacial score (nSPS) is 15.0. The molecule has 2 heterocycles. The van der Waals surface area contributed by atoms with Gasteiger partial charge in [0.2, 0.25) is 11.8 Å². The van der Waals surface area contributed by atoms with Crippen molar-refractivity contribution in [3.63, 3.8) is 0 Å². The number of piperazine rings is 1. The minimum Gasteiger partial charge on any atom is -0.361 e. The number of carbonyl (C=O) groups is 2. The summed E-state index contributed by atoms with van der Waals surface area (Å²) in [5.41, 5.74) is 2.68. The number of nitrogens with one attached hydrogen (secondary N) is 1. The fourth-order valence-electron chi connectivity index (χ4n) is 3.33. The Morgan fingerprint density at radius 2 is 1.81 bits per heavy atom. The lowest BCUT2D eigenvalue weighted by Gasteiger charge is -2.34. The Balaban J connectivity index is 1.40. The smallest absolute Gasteiger partial charge is 0.238 e. The van der Waals surface area contributed by atoms with Gasteiger partial charge in [-0.15, -0.1) is 0 Å². The van der Waals surface area contributed by atoms with Crippen LogP contribution in [0.25, 0.3) is 0 Å². The van der Waals surface area contributed by atoms with Crippen molar-refractivity contribution in [2.24, 2.45) is 0 Å². The SMILES string of the molecule is Cc1noc(C)c1CCC(=O)N1CCN(CC(=O)Nc2ccccc2)CC1. The van der Waals surface area contributed by atoms with Crippen LogP contribution in [0, 0.1) is 13.8 Å². The molecule has 7 heteroatoms. The number of rotatable bonds is 6. The molecular formula is C20H26N4O3. The Labute approximate surface area is 159 Å². The molecule has 1 fully saturated rings. The highest BCUT2D eigenvalue weighted by Gasteiger charge is 2.23. The zero-order valence-electron chi connectivity index (χ0n) is 15.9. The van der Waals surface area contributed by atoms with Gasteiger partial charge in [0.1, 0.15) is 5.76 Å². The summed E-state index contributed by atoms with van der Waals surface area (Å²) in [5.74, 6) is 0.900. The number of aryl methyl sites for hydroxylation is 2. The van der Waals surface area contributed by atoms with E-state index in [0.717, 1.165) is 22.7 Å². The molecule has 0 saturated carbocycles. The van der Waals surface area contributed by atoms with Gasteiger partial charge in [0.05, 0.1) is 12.2 Å². The first kappa shape index (κ1) is 19.1. The van der Waals surface area contributed by atoms with Crippen LogP contribution >= 0.6 is 0 Å². The van der Waals surface area contributed by atoms with Gasteiger partial charge in [-0.3, -0.25) is 14.5 Å². The summed E-state index contributed by atoms with van der Waals surface area (Å²) in [6.45, 7) is 6.83. The number of carbonyl (C=O) groups excluding carboxylic acids is 2. The molecule has 1 aliphatic heterocycles. The molecule has 27 heavy (non-hydrogen) atoms. The quantitative estimate of drug-likeness (QED) is 0.841. The summed E-state index contributed by atoms with van der Waals surface area (Å²) >= 11 is 0. The molecule has 0 aliphatic carbocycles. The predicted octanol–water partition coefficient (Wildman–Crippen LogP) is 2.01. The van der Waals surface area contributed by atoms with Crippen LogP contribution in [0.3, 0.4) is 0 Å². The van der Waals surface area contributed by atoms with Crippen molar-refractivity contribution in [2.75, 3.05) is 38.0 Å². The van der Waals surface area contributed by atoms with Crippen molar-refractivity contribution in [3.05, 3.63) is 47.3 Å². The fraction of sp³-hybridized carbons (Fsp3) is 0.450. The molecule has 0 atom stereocenters. The molecule has 3 rings (SSSR count). The molecule has 2 amide bonds. The van der Waals surface area contributed by atoms with E-state index >= 15 is 0 Å². The molecule has 0 unspecified atom stereocenters. The van der Waals surface area contributed by atoms with E-state index in [-0.39, 0.29) is 11.8 Å². The molecule has 1 N–H and O–H groups in total. The summed E-state index contributed by atoms with van der Waals surface area (Å²) in [7, 11) is 0. The number of amides is 2. The van der Waals surface area contributed by atoms with Crippen LogP contribution in [0.2, 0.25) is 0 Å². The van der Waals surface area contributed by atoms with Gasteiger partial charge in [-0.2, -0.15) is 0 Å². The Kier molecular flexibility index (Phi) is 6.24. The van der Waals surface area contributed by atoms with Crippen molar-refractivity contribution in [3.8, 4) is 0 Å². The molecule has 0 radical (unpaired) electrons. The van der Waals surface area contributed by atoms with Crippen LogP contribution < -0.4 is 5.32 Å². The summed E-state index contributed by atoms with van der Waals surface area (Å²) in [4.78, 5) is 28.6. The highest BCUT2D eigenvalue weighted by atomic mass is 16.5. The molecule has 1 aliphatic rings. The van der Waals surface area contributed by atoms with Gasteiger partial charge < -0.3 is 14.7 Å². The second-order valence-electron chi connectivity index (χ2n) is 6.87. The average Bonchev–Trinajstić information content (AvgIpc) is 2.99. The number of anilines is 1. The highest BCUT2D eigenvalue weighted by Crippen LogP contribution is 2.15. The van der Waals surface area contributed by atoms with Crippen molar-refractivity contribution in [2.45, 2.75) is 26.7 Å². The topological polar surface area (TPSA) is 78.7 Å². The maximum atomic E-state index is 12.5. The third-order valence-corrected chi connectivity index (χ3v) is 4.92. The lowest BCUT2D eigenvalue weighted by molar-refractivity contribution is -0.133. The van der Waals surface area contributed by atoms with Crippen molar-refractivity contribution < 1.29 is 14.1 Å². The van der Waals surface area contributed by atoms with Gasteiger partial charge >= 0.3 is 0 Å². The first-order valence-electron chi connectivity index (χ1n) is 9.29. The number of para-hydroxylation sites is 1. The minimum absolute atomic E-state index is 0.0283. The van der Waals surface area contributed by atoms with E-state index < -0.39 is 0 Å². The van der Waals surface area contributed by atoms with Gasteiger partial charge in [-0.1, -0.05) is 23.4 Å². The van der Waals surface area contributed by atoms with E-state index in [1.54, 1.807) is 0 Å². The third kappa shape index (κ3) is 5.17. The maximum absolute atomic E-state index is 12.5. The number of nitrogens with zero attached hydrogens (tertiary/aromatic N) is 3. The van der Waals surface area contributed by atoms with Gasteiger partial charge in [0, 0.05) is 43.9 Å². The zero-order chi connectivity index (χ0) is 19.2. The van der Waals surface area contributed by atoms with Crippen LogP contribution in [0.15, 0.2) is 34.9 Å². The lowest BCUT2D eigenvalue weighted by Crippen LogP contribution is -2.50.